The zero-order valence-electron chi connectivity index (χ0n) is 24.2. The Morgan fingerprint density at radius 2 is 1.86 bits per heavy atom. The summed E-state index contributed by atoms with van der Waals surface area (Å²) in [7, 11) is 3.30. The summed E-state index contributed by atoms with van der Waals surface area (Å²) in [6.45, 7) is 16.5. The van der Waals surface area contributed by atoms with E-state index in [0.717, 1.165) is 22.3 Å². The molecule has 2 rings (SSSR count). The summed E-state index contributed by atoms with van der Waals surface area (Å²) in [5.74, 6) is 2.10. The van der Waals surface area contributed by atoms with Gasteiger partial charge in [-0.2, -0.15) is 0 Å². The Morgan fingerprint density at radius 1 is 1.22 bits per heavy atom. The van der Waals surface area contributed by atoms with E-state index in [9.17, 15) is 9.59 Å². The predicted octanol–water partition coefficient (Wildman–Crippen LogP) is 5.71. The first-order chi connectivity index (χ1) is 17.7. The number of thioether (sulfide) groups is 1. The van der Waals surface area contributed by atoms with Gasteiger partial charge in [-0.25, -0.2) is 0 Å². The van der Waals surface area contributed by atoms with Crippen molar-refractivity contribution in [2.24, 2.45) is 15.7 Å². The monoisotopic (exact) mass is 531 g/mol. The normalized spacial score (nSPS) is 11.5. The SMILES string of the molecule is C/C=C\CN=C(C)N.CC.CCSC(=NC)N(CC)C(=O)Cn1c(C)c(C(C)=O)c2ccc(OC)cc21. The molecule has 0 fully saturated rings. The first-order valence-corrected chi connectivity index (χ1v) is 13.6. The van der Waals surface area contributed by atoms with E-state index in [1.165, 1.54) is 0 Å². The third-order valence-corrected chi connectivity index (χ3v) is 6.12. The number of carbonyl (C=O) groups is 2. The van der Waals surface area contributed by atoms with Gasteiger partial charge in [-0.1, -0.05) is 44.7 Å². The Labute approximate surface area is 227 Å². The maximum Gasteiger partial charge on any atom is 0.248 e. The van der Waals surface area contributed by atoms with E-state index < -0.39 is 0 Å². The number of likely N-dealkylation sites (N-methyl/N-ethyl adjacent to an activating group) is 1. The van der Waals surface area contributed by atoms with Crippen LogP contribution >= 0.6 is 11.8 Å². The summed E-state index contributed by atoms with van der Waals surface area (Å²) < 4.78 is 7.22. The molecule has 1 aromatic heterocycles. The molecule has 0 saturated heterocycles. The Kier molecular flexibility index (Phi) is 16.7. The van der Waals surface area contributed by atoms with Gasteiger partial charge < -0.3 is 15.0 Å². The minimum atomic E-state index is -0.0584. The zero-order chi connectivity index (χ0) is 28.5. The number of ketones is 1. The van der Waals surface area contributed by atoms with Crippen molar-refractivity contribution in [1.29, 1.82) is 0 Å². The molecule has 0 radical (unpaired) electrons. The largest absolute Gasteiger partial charge is 0.497 e. The molecule has 2 N–H and O–H groups in total. The Morgan fingerprint density at radius 3 is 2.32 bits per heavy atom. The van der Waals surface area contributed by atoms with Crippen LogP contribution in [0.1, 0.15) is 64.5 Å². The summed E-state index contributed by atoms with van der Waals surface area (Å²) in [4.78, 5) is 35.1. The Bertz CT molecular complexity index is 1100. The molecule has 0 aliphatic rings. The highest BCUT2D eigenvalue weighted by molar-refractivity contribution is 8.13. The van der Waals surface area contributed by atoms with Gasteiger partial charge in [-0.3, -0.25) is 24.5 Å². The standard InChI is InChI=1S/C20H27N3O3S.C6H12N2.C2H6/c1-7-22(20(21-5)27-8-2)18(25)12-23-13(3)19(14(4)24)16-10-9-15(26-6)11-17(16)23;1-3-4-5-8-6(2)7;1-2/h9-11H,7-8,12H2,1-6H3;3-4H,5H2,1-2H3,(H2,7,8);1-2H3/b;4-3-;. The lowest BCUT2D eigenvalue weighted by molar-refractivity contribution is -0.127. The highest BCUT2D eigenvalue weighted by atomic mass is 32.2. The van der Waals surface area contributed by atoms with Crippen molar-refractivity contribution in [2.45, 2.75) is 61.9 Å². The molecule has 0 saturated carbocycles. The molecule has 0 unspecified atom stereocenters. The van der Waals surface area contributed by atoms with Crippen LogP contribution in [0, 0.1) is 6.92 Å². The summed E-state index contributed by atoms with van der Waals surface area (Å²) in [5.41, 5.74) is 7.50. The number of amides is 1. The van der Waals surface area contributed by atoms with Crippen LogP contribution in [0.25, 0.3) is 10.9 Å². The van der Waals surface area contributed by atoms with Gasteiger partial charge >= 0.3 is 0 Å². The molecule has 0 atom stereocenters. The van der Waals surface area contributed by atoms with Crippen LogP contribution in [-0.4, -0.2) is 65.2 Å². The van der Waals surface area contributed by atoms with E-state index >= 15 is 0 Å². The van der Waals surface area contributed by atoms with Crippen molar-refractivity contribution < 1.29 is 14.3 Å². The van der Waals surface area contributed by atoms with E-state index in [0.29, 0.717) is 35.4 Å². The number of ether oxygens (including phenoxy) is 1. The third-order valence-electron chi connectivity index (χ3n) is 5.17. The summed E-state index contributed by atoms with van der Waals surface area (Å²) in [6.07, 6.45) is 3.91. The lowest BCUT2D eigenvalue weighted by Gasteiger charge is -2.22. The second-order valence-electron chi connectivity index (χ2n) is 7.61. The molecule has 37 heavy (non-hydrogen) atoms. The van der Waals surface area contributed by atoms with Crippen LogP contribution in [0.5, 0.6) is 5.75 Å². The number of carbonyl (C=O) groups excluding carboxylic acids is 2. The maximum absolute atomic E-state index is 13.0. The molecule has 0 spiro atoms. The molecule has 0 aliphatic heterocycles. The summed E-state index contributed by atoms with van der Waals surface area (Å²) in [6, 6.07) is 5.58. The van der Waals surface area contributed by atoms with Crippen LogP contribution in [0.4, 0.5) is 0 Å². The van der Waals surface area contributed by atoms with Crippen LogP contribution in [0.3, 0.4) is 0 Å². The first-order valence-electron chi connectivity index (χ1n) is 12.6. The molecule has 1 aromatic carbocycles. The number of hydrogen-bond donors (Lipinski definition) is 1. The van der Waals surface area contributed by atoms with Gasteiger partial charge in [0.25, 0.3) is 0 Å². The highest BCUT2D eigenvalue weighted by Crippen LogP contribution is 2.30. The first kappa shape index (κ1) is 33.9. The lowest BCUT2D eigenvalue weighted by Crippen LogP contribution is -2.37. The van der Waals surface area contributed by atoms with Crippen LogP contribution in [-0.2, 0) is 11.3 Å². The number of rotatable bonds is 8. The van der Waals surface area contributed by atoms with E-state index in [1.807, 2.05) is 76.5 Å². The Balaban J connectivity index is 0.00000111. The topological polar surface area (TPSA) is 102 Å². The van der Waals surface area contributed by atoms with Gasteiger partial charge in [-0.05, 0) is 52.5 Å². The molecule has 9 heteroatoms. The Hall–Kier alpha value is -3.07. The van der Waals surface area contributed by atoms with Gasteiger partial charge in [0.05, 0.1) is 25.0 Å². The smallest absolute Gasteiger partial charge is 0.248 e. The van der Waals surface area contributed by atoms with Crippen molar-refractivity contribution in [3.05, 3.63) is 41.6 Å². The van der Waals surface area contributed by atoms with Crippen LogP contribution in [0.15, 0.2) is 40.3 Å². The molecule has 2 aromatic rings. The second-order valence-corrected chi connectivity index (χ2v) is 8.85. The van der Waals surface area contributed by atoms with Crippen molar-refractivity contribution in [3.8, 4) is 5.75 Å². The van der Waals surface area contributed by atoms with Gasteiger partial charge in [0.2, 0.25) is 5.91 Å². The molecule has 8 nitrogen and oxygen atoms in total. The zero-order valence-corrected chi connectivity index (χ0v) is 25.0. The predicted molar refractivity (Wildman–Crippen MR) is 160 cm³/mol. The average molecular weight is 532 g/mol. The lowest BCUT2D eigenvalue weighted by atomic mass is 10.1. The molecule has 0 bridgehead atoms. The average Bonchev–Trinajstić information content (AvgIpc) is 3.15. The molecule has 1 amide bonds. The fraction of sp³-hybridized carbons (Fsp3) is 0.500. The number of amidine groups is 2. The number of aromatic nitrogens is 1. The third kappa shape index (κ3) is 10.1. The second kappa shape index (κ2) is 18.2. The van der Waals surface area contributed by atoms with Gasteiger partial charge in [-0.15, -0.1) is 0 Å². The number of fused-ring (bicyclic) bond motifs is 1. The number of aliphatic imine (C=N–C) groups is 2. The molecular formula is C28H45N5O3S. The number of nitrogens with zero attached hydrogens (tertiary/aromatic N) is 4. The van der Waals surface area contributed by atoms with Gasteiger partial charge in [0.1, 0.15) is 12.3 Å². The summed E-state index contributed by atoms with van der Waals surface area (Å²) >= 11 is 1.54. The number of Topliss-reactive ketones (excluding diaryl/α,β-unsaturated/α-hetero) is 1. The number of allylic oxidation sites excluding steroid dienone is 1. The maximum atomic E-state index is 13.0. The fourth-order valence-electron chi connectivity index (χ4n) is 3.57. The number of nitrogens with two attached hydrogens (primary N) is 1. The van der Waals surface area contributed by atoms with Crippen LogP contribution < -0.4 is 10.5 Å². The molecule has 206 valence electrons. The molecule has 0 aliphatic carbocycles. The van der Waals surface area contributed by atoms with E-state index in [1.54, 1.807) is 44.7 Å². The van der Waals surface area contributed by atoms with Crippen molar-refractivity contribution in [3.63, 3.8) is 0 Å². The number of benzene rings is 1. The van der Waals surface area contributed by atoms with Crippen molar-refractivity contribution >= 4 is 45.4 Å². The van der Waals surface area contributed by atoms with Crippen molar-refractivity contribution in [2.75, 3.05) is 33.0 Å². The number of hydrogen-bond acceptors (Lipinski definition) is 6. The van der Waals surface area contributed by atoms with E-state index in [-0.39, 0.29) is 18.2 Å². The van der Waals surface area contributed by atoms with Crippen molar-refractivity contribution in [1.82, 2.24) is 9.47 Å². The van der Waals surface area contributed by atoms with Gasteiger partial charge in [0, 0.05) is 36.3 Å². The number of methoxy groups -OCH3 is 1. The minimum Gasteiger partial charge on any atom is -0.497 e. The van der Waals surface area contributed by atoms with Crippen LogP contribution in [0.2, 0.25) is 0 Å². The van der Waals surface area contributed by atoms with E-state index in [2.05, 4.69) is 9.98 Å². The summed E-state index contributed by atoms with van der Waals surface area (Å²) in [5, 5.41) is 1.55. The highest BCUT2D eigenvalue weighted by Gasteiger charge is 2.23. The molecule has 1 heterocycles. The fourth-order valence-corrected chi connectivity index (χ4v) is 4.34. The van der Waals surface area contributed by atoms with Gasteiger partial charge in [0.15, 0.2) is 11.0 Å². The quantitative estimate of drug-likeness (QED) is 0.203. The molecular weight excluding hydrogens is 486 g/mol. The minimum absolute atomic E-state index is 0.0152. The van der Waals surface area contributed by atoms with E-state index in [4.69, 9.17) is 10.5 Å².